The van der Waals surface area contributed by atoms with Crippen LogP contribution in [-0.2, 0) is 11.2 Å². The number of aromatic nitrogens is 1. The summed E-state index contributed by atoms with van der Waals surface area (Å²) in [4.78, 5) is 19.0. The smallest absolute Gasteiger partial charge is 0.233 e. The fraction of sp³-hybridized carbons (Fsp3) is 0.222. The van der Waals surface area contributed by atoms with E-state index in [9.17, 15) is 4.79 Å². The van der Waals surface area contributed by atoms with Gasteiger partial charge in [-0.2, -0.15) is 0 Å². The number of amides is 1. The van der Waals surface area contributed by atoms with Gasteiger partial charge in [0.2, 0.25) is 5.91 Å². The average molecular weight is 326 g/mol. The van der Waals surface area contributed by atoms with Crippen LogP contribution in [0.25, 0.3) is 10.2 Å². The number of likely N-dealkylation sites (N-methyl/N-ethyl adjacent to an activating group) is 1. The number of para-hydroxylation sites is 2. The third kappa shape index (κ3) is 3.19. The molecule has 0 saturated carbocycles. The minimum Gasteiger partial charge on any atom is -0.496 e. The number of fused-ring (bicyclic) bond motifs is 1. The molecular formula is C18H18N2O2S. The average Bonchev–Trinajstić information content (AvgIpc) is 2.99. The zero-order chi connectivity index (χ0) is 16.2. The number of thiazole rings is 1. The van der Waals surface area contributed by atoms with Gasteiger partial charge in [0.25, 0.3) is 0 Å². The maximum absolute atomic E-state index is 12.7. The van der Waals surface area contributed by atoms with Gasteiger partial charge >= 0.3 is 0 Å². The lowest BCUT2D eigenvalue weighted by atomic mass is 10.1. The molecule has 0 atom stereocenters. The summed E-state index contributed by atoms with van der Waals surface area (Å²) in [6, 6.07) is 15.5. The Morgan fingerprint density at radius 1 is 1.17 bits per heavy atom. The first-order chi connectivity index (χ1) is 11.2. The van der Waals surface area contributed by atoms with Crippen LogP contribution in [0.3, 0.4) is 0 Å². The monoisotopic (exact) mass is 326 g/mol. The zero-order valence-electron chi connectivity index (χ0n) is 13.2. The van der Waals surface area contributed by atoms with E-state index in [4.69, 9.17) is 4.74 Å². The number of carbonyl (C=O) groups is 1. The van der Waals surface area contributed by atoms with E-state index >= 15 is 0 Å². The molecule has 0 fully saturated rings. The molecule has 2 aromatic carbocycles. The lowest BCUT2D eigenvalue weighted by molar-refractivity contribution is -0.117. The molecule has 3 rings (SSSR count). The Morgan fingerprint density at radius 2 is 1.91 bits per heavy atom. The second-order valence-corrected chi connectivity index (χ2v) is 6.10. The molecule has 5 heteroatoms. The van der Waals surface area contributed by atoms with Gasteiger partial charge in [0.1, 0.15) is 5.75 Å². The molecule has 118 valence electrons. The minimum atomic E-state index is 0.0241. The minimum absolute atomic E-state index is 0.0241. The Kier molecular flexibility index (Phi) is 4.57. The molecule has 23 heavy (non-hydrogen) atoms. The van der Waals surface area contributed by atoms with Crippen LogP contribution in [0.15, 0.2) is 48.5 Å². The van der Waals surface area contributed by atoms with Gasteiger partial charge in [-0.25, -0.2) is 4.98 Å². The van der Waals surface area contributed by atoms with Gasteiger partial charge in [0, 0.05) is 12.1 Å². The van der Waals surface area contributed by atoms with Gasteiger partial charge < -0.3 is 4.74 Å². The van der Waals surface area contributed by atoms with Gasteiger partial charge in [-0.05, 0) is 25.1 Å². The predicted octanol–water partition coefficient (Wildman–Crippen LogP) is 3.90. The van der Waals surface area contributed by atoms with E-state index < -0.39 is 0 Å². The van der Waals surface area contributed by atoms with Crippen molar-refractivity contribution in [1.82, 2.24) is 4.98 Å². The lowest BCUT2D eigenvalue weighted by Gasteiger charge is -2.18. The predicted molar refractivity (Wildman–Crippen MR) is 94.3 cm³/mol. The van der Waals surface area contributed by atoms with Crippen molar-refractivity contribution in [3.05, 3.63) is 54.1 Å². The summed E-state index contributed by atoms with van der Waals surface area (Å²) < 4.78 is 6.42. The molecule has 0 bridgehead atoms. The fourth-order valence-electron chi connectivity index (χ4n) is 2.50. The quantitative estimate of drug-likeness (QED) is 0.714. The molecule has 1 heterocycles. The molecule has 0 aliphatic rings. The summed E-state index contributed by atoms with van der Waals surface area (Å²) >= 11 is 1.54. The van der Waals surface area contributed by atoms with E-state index in [1.165, 1.54) is 0 Å². The van der Waals surface area contributed by atoms with Crippen LogP contribution in [0, 0.1) is 0 Å². The first-order valence-corrected chi connectivity index (χ1v) is 8.32. The molecule has 0 aliphatic carbocycles. The van der Waals surface area contributed by atoms with Gasteiger partial charge in [-0.3, -0.25) is 9.69 Å². The maximum Gasteiger partial charge on any atom is 0.233 e. The van der Waals surface area contributed by atoms with E-state index in [2.05, 4.69) is 4.98 Å². The Morgan fingerprint density at radius 3 is 2.65 bits per heavy atom. The van der Waals surface area contributed by atoms with Crippen molar-refractivity contribution < 1.29 is 9.53 Å². The lowest BCUT2D eigenvalue weighted by Crippen LogP contribution is -2.32. The summed E-state index contributed by atoms with van der Waals surface area (Å²) in [6.07, 6.45) is 0.299. The van der Waals surface area contributed by atoms with Crippen molar-refractivity contribution in [3.8, 4) is 5.75 Å². The molecule has 4 nitrogen and oxygen atoms in total. The van der Waals surface area contributed by atoms with Crippen LogP contribution < -0.4 is 9.64 Å². The van der Waals surface area contributed by atoms with Crippen LogP contribution >= 0.6 is 11.3 Å². The summed E-state index contributed by atoms with van der Waals surface area (Å²) in [6.45, 7) is 2.56. The Bertz CT molecular complexity index is 796. The number of rotatable bonds is 5. The van der Waals surface area contributed by atoms with Crippen LogP contribution in [-0.4, -0.2) is 24.5 Å². The number of benzene rings is 2. The fourth-order valence-corrected chi connectivity index (χ4v) is 3.55. The van der Waals surface area contributed by atoms with Gasteiger partial charge in [-0.15, -0.1) is 0 Å². The number of carbonyl (C=O) groups excluding carboxylic acids is 1. The Labute approximate surface area is 139 Å². The summed E-state index contributed by atoms with van der Waals surface area (Å²) in [5.74, 6) is 0.761. The first kappa shape index (κ1) is 15.5. The van der Waals surface area contributed by atoms with E-state index in [-0.39, 0.29) is 5.91 Å². The van der Waals surface area contributed by atoms with E-state index in [0.29, 0.717) is 13.0 Å². The van der Waals surface area contributed by atoms with Crippen molar-refractivity contribution in [1.29, 1.82) is 0 Å². The van der Waals surface area contributed by atoms with Gasteiger partial charge in [0.15, 0.2) is 5.13 Å². The van der Waals surface area contributed by atoms with E-state index in [1.54, 1.807) is 23.3 Å². The zero-order valence-corrected chi connectivity index (χ0v) is 14.0. The van der Waals surface area contributed by atoms with E-state index in [0.717, 1.165) is 26.7 Å². The normalized spacial score (nSPS) is 10.7. The van der Waals surface area contributed by atoms with Crippen molar-refractivity contribution in [3.63, 3.8) is 0 Å². The second-order valence-electron chi connectivity index (χ2n) is 5.09. The highest BCUT2D eigenvalue weighted by Crippen LogP contribution is 2.29. The van der Waals surface area contributed by atoms with Crippen LogP contribution in [0.1, 0.15) is 12.5 Å². The van der Waals surface area contributed by atoms with Crippen LogP contribution in [0.4, 0.5) is 5.13 Å². The topological polar surface area (TPSA) is 42.4 Å². The van der Waals surface area contributed by atoms with Crippen molar-refractivity contribution in [2.24, 2.45) is 0 Å². The highest BCUT2D eigenvalue weighted by Gasteiger charge is 2.19. The number of hydrogen-bond donors (Lipinski definition) is 0. The van der Waals surface area contributed by atoms with Gasteiger partial charge in [-0.1, -0.05) is 41.7 Å². The van der Waals surface area contributed by atoms with Crippen molar-refractivity contribution in [2.45, 2.75) is 13.3 Å². The van der Waals surface area contributed by atoms with Crippen LogP contribution in [0.5, 0.6) is 5.75 Å². The Hall–Kier alpha value is -2.40. The number of nitrogens with zero attached hydrogens (tertiary/aromatic N) is 2. The van der Waals surface area contributed by atoms with Crippen LogP contribution in [0.2, 0.25) is 0 Å². The largest absolute Gasteiger partial charge is 0.496 e. The molecule has 3 aromatic rings. The molecule has 0 saturated heterocycles. The standard InChI is InChI=1S/C18H18N2O2S/c1-3-20(18-19-14-9-5-7-11-16(14)23-18)17(21)12-13-8-4-6-10-15(13)22-2/h4-11H,3,12H2,1-2H3. The highest BCUT2D eigenvalue weighted by atomic mass is 32.1. The molecule has 0 spiro atoms. The molecule has 1 amide bonds. The number of anilines is 1. The molecule has 0 N–H and O–H groups in total. The van der Waals surface area contributed by atoms with E-state index in [1.807, 2.05) is 55.5 Å². The highest BCUT2D eigenvalue weighted by molar-refractivity contribution is 7.22. The Balaban J connectivity index is 1.86. The second kappa shape index (κ2) is 6.79. The molecule has 0 unspecified atom stereocenters. The van der Waals surface area contributed by atoms with Gasteiger partial charge in [0.05, 0.1) is 23.7 Å². The summed E-state index contributed by atoms with van der Waals surface area (Å²) in [5.41, 5.74) is 1.82. The molecular weight excluding hydrogens is 308 g/mol. The summed E-state index contributed by atoms with van der Waals surface area (Å²) in [5, 5.41) is 0.744. The molecule has 1 aromatic heterocycles. The SMILES string of the molecule is CCN(C(=O)Cc1ccccc1OC)c1nc2ccccc2s1. The van der Waals surface area contributed by atoms with Crippen molar-refractivity contribution >= 4 is 32.6 Å². The number of ether oxygens (including phenoxy) is 1. The third-order valence-corrected chi connectivity index (χ3v) is 4.72. The third-order valence-electron chi connectivity index (χ3n) is 3.66. The molecule has 0 aliphatic heterocycles. The summed E-state index contributed by atoms with van der Waals surface area (Å²) in [7, 11) is 1.62. The first-order valence-electron chi connectivity index (χ1n) is 7.50. The number of hydrogen-bond acceptors (Lipinski definition) is 4. The number of methoxy groups -OCH3 is 1. The maximum atomic E-state index is 12.7. The van der Waals surface area contributed by atoms with Crippen molar-refractivity contribution in [2.75, 3.05) is 18.6 Å². The molecule has 0 radical (unpaired) electrons.